The van der Waals surface area contributed by atoms with E-state index >= 15 is 0 Å². The molecule has 41 heavy (non-hydrogen) atoms. The highest BCUT2D eigenvalue weighted by atomic mass is 35.5. The lowest BCUT2D eigenvalue weighted by Gasteiger charge is -2.10. The van der Waals surface area contributed by atoms with Crippen molar-refractivity contribution in [3.63, 3.8) is 0 Å². The van der Waals surface area contributed by atoms with Crippen molar-refractivity contribution < 1.29 is 19.1 Å². The topological polar surface area (TPSA) is 117 Å². The minimum atomic E-state index is -0.521. The number of ether oxygens (including phenoxy) is 2. The summed E-state index contributed by atoms with van der Waals surface area (Å²) >= 11 is 6.48. The summed E-state index contributed by atoms with van der Waals surface area (Å²) in [7, 11) is 1.46. The van der Waals surface area contributed by atoms with Crippen LogP contribution in [0.5, 0.6) is 11.5 Å². The SMILES string of the molecule is COc1cc(C=NNC(=O)c2[nH]c3c(C#N)cccc3c2-c2ccccc2Cl)ccc1OC(=O)c1ccc(C)cc1. The first-order chi connectivity index (χ1) is 19.9. The van der Waals surface area contributed by atoms with E-state index in [-0.39, 0.29) is 11.4 Å². The molecule has 5 aromatic rings. The summed E-state index contributed by atoms with van der Waals surface area (Å²) in [4.78, 5) is 28.9. The van der Waals surface area contributed by atoms with Crippen molar-refractivity contribution in [1.29, 1.82) is 5.26 Å². The third kappa shape index (κ3) is 5.66. The number of hydrazone groups is 1. The molecule has 0 unspecified atom stereocenters. The van der Waals surface area contributed by atoms with Gasteiger partial charge in [-0.3, -0.25) is 4.79 Å². The Bertz CT molecular complexity index is 1850. The summed E-state index contributed by atoms with van der Waals surface area (Å²) in [5, 5.41) is 14.8. The first-order valence-corrected chi connectivity index (χ1v) is 12.9. The fourth-order valence-electron chi connectivity index (χ4n) is 4.34. The molecule has 0 bridgehead atoms. The van der Waals surface area contributed by atoms with Crippen molar-refractivity contribution in [2.24, 2.45) is 5.10 Å². The number of aromatic amines is 1. The maximum absolute atomic E-state index is 13.3. The van der Waals surface area contributed by atoms with Gasteiger partial charge in [0.2, 0.25) is 0 Å². The van der Waals surface area contributed by atoms with Gasteiger partial charge in [0, 0.05) is 21.5 Å². The van der Waals surface area contributed by atoms with Crippen LogP contribution in [0.25, 0.3) is 22.0 Å². The van der Waals surface area contributed by atoms with Gasteiger partial charge in [-0.2, -0.15) is 10.4 Å². The van der Waals surface area contributed by atoms with E-state index in [9.17, 15) is 14.9 Å². The third-order valence-electron chi connectivity index (χ3n) is 6.38. The average molecular weight is 563 g/mol. The van der Waals surface area contributed by atoms with Crippen LogP contribution in [0.1, 0.15) is 37.5 Å². The number of carbonyl (C=O) groups is 2. The molecule has 0 aliphatic rings. The third-order valence-corrected chi connectivity index (χ3v) is 6.71. The van der Waals surface area contributed by atoms with Gasteiger partial charge in [-0.15, -0.1) is 0 Å². The number of nitriles is 1. The van der Waals surface area contributed by atoms with Crippen LogP contribution in [-0.4, -0.2) is 30.2 Å². The van der Waals surface area contributed by atoms with E-state index in [4.69, 9.17) is 21.1 Å². The molecule has 2 N–H and O–H groups in total. The zero-order chi connectivity index (χ0) is 28.9. The molecule has 0 aliphatic heterocycles. The highest BCUT2D eigenvalue weighted by Crippen LogP contribution is 2.37. The number of amides is 1. The summed E-state index contributed by atoms with van der Waals surface area (Å²) in [6.45, 7) is 1.93. The molecule has 202 valence electrons. The number of para-hydroxylation sites is 1. The largest absolute Gasteiger partial charge is 0.493 e. The second-order valence-electron chi connectivity index (χ2n) is 9.06. The smallest absolute Gasteiger partial charge is 0.343 e. The zero-order valence-electron chi connectivity index (χ0n) is 22.1. The molecule has 9 heteroatoms. The molecule has 1 heterocycles. The summed E-state index contributed by atoms with van der Waals surface area (Å²) in [5.74, 6) is -0.465. The molecular weight excluding hydrogens is 540 g/mol. The fourth-order valence-corrected chi connectivity index (χ4v) is 4.57. The highest BCUT2D eigenvalue weighted by Gasteiger charge is 2.22. The van der Waals surface area contributed by atoms with Crippen molar-refractivity contribution in [3.05, 3.63) is 118 Å². The minimum absolute atomic E-state index is 0.212. The van der Waals surface area contributed by atoms with Gasteiger partial charge in [-0.25, -0.2) is 10.2 Å². The molecule has 8 nitrogen and oxygen atoms in total. The number of nitrogens with zero attached hydrogens (tertiary/aromatic N) is 2. The quantitative estimate of drug-likeness (QED) is 0.0995. The van der Waals surface area contributed by atoms with Crippen LogP contribution in [0.15, 0.2) is 90.0 Å². The molecule has 0 saturated heterocycles. The maximum atomic E-state index is 13.3. The molecule has 0 fully saturated rings. The summed E-state index contributed by atoms with van der Waals surface area (Å²) in [6, 6.07) is 26.5. The van der Waals surface area contributed by atoms with Crippen molar-refractivity contribution in [2.75, 3.05) is 7.11 Å². The van der Waals surface area contributed by atoms with Gasteiger partial charge in [0.15, 0.2) is 11.5 Å². The van der Waals surface area contributed by atoms with E-state index in [1.807, 2.05) is 37.3 Å². The van der Waals surface area contributed by atoms with Crippen molar-refractivity contribution in [1.82, 2.24) is 10.4 Å². The van der Waals surface area contributed by atoms with Gasteiger partial charge >= 0.3 is 5.97 Å². The van der Waals surface area contributed by atoms with Crippen LogP contribution in [-0.2, 0) is 0 Å². The van der Waals surface area contributed by atoms with E-state index < -0.39 is 11.9 Å². The zero-order valence-corrected chi connectivity index (χ0v) is 22.8. The Morgan fingerprint density at radius 2 is 1.78 bits per heavy atom. The molecule has 0 spiro atoms. The summed E-state index contributed by atoms with van der Waals surface area (Å²) in [6.07, 6.45) is 1.44. The second kappa shape index (κ2) is 11.8. The Morgan fingerprint density at radius 3 is 2.51 bits per heavy atom. The van der Waals surface area contributed by atoms with Crippen LogP contribution < -0.4 is 14.9 Å². The van der Waals surface area contributed by atoms with E-state index in [0.29, 0.717) is 49.5 Å². The number of hydrogen-bond acceptors (Lipinski definition) is 6. The second-order valence-corrected chi connectivity index (χ2v) is 9.47. The van der Waals surface area contributed by atoms with Crippen LogP contribution in [0, 0.1) is 18.3 Å². The number of halogens is 1. The average Bonchev–Trinajstić information content (AvgIpc) is 3.38. The number of aryl methyl sites for hydroxylation is 1. The van der Waals surface area contributed by atoms with Crippen molar-refractivity contribution >= 4 is 40.6 Å². The number of H-pyrrole nitrogens is 1. The number of fused-ring (bicyclic) bond motifs is 1. The Morgan fingerprint density at radius 1 is 1.00 bits per heavy atom. The normalized spacial score (nSPS) is 10.9. The number of nitrogens with one attached hydrogen (secondary N) is 2. The monoisotopic (exact) mass is 562 g/mol. The van der Waals surface area contributed by atoms with Gasteiger partial charge in [-0.05, 0) is 55.0 Å². The fraction of sp³-hybridized carbons (Fsp3) is 0.0625. The number of esters is 1. The van der Waals surface area contributed by atoms with E-state index in [1.165, 1.54) is 13.3 Å². The Hall–Kier alpha value is -5.39. The molecule has 1 aromatic heterocycles. The first-order valence-electron chi connectivity index (χ1n) is 12.5. The van der Waals surface area contributed by atoms with Crippen molar-refractivity contribution in [2.45, 2.75) is 6.92 Å². The van der Waals surface area contributed by atoms with Crippen LogP contribution in [0.2, 0.25) is 5.02 Å². The number of hydrogen-bond donors (Lipinski definition) is 2. The number of carbonyl (C=O) groups excluding carboxylic acids is 2. The Balaban J connectivity index is 1.38. The Kier molecular flexibility index (Phi) is 7.81. The number of aromatic nitrogens is 1. The molecule has 0 aliphatic carbocycles. The number of rotatable bonds is 7. The van der Waals surface area contributed by atoms with Crippen LogP contribution in [0.4, 0.5) is 0 Å². The molecule has 0 atom stereocenters. The lowest BCUT2D eigenvalue weighted by molar-refractivity contribution is 0.0729. The van der Waals surface area contributed by atoms with Crippen LogP contribution in [0.3, 0.4) is 0 Å². The highest BCUT2D eigenvalue weighted by molar-refractivity contribution is 6.34. The van der Waals surface area contributed by atoms with Gasteiger partial charge in [0.25, 0.3) is 5.91 Å². The summed E-state index contributed by atoms with van der Waals surface area (Å²) in [5.41, 5.74) is 6.92. The van der Waals surface area contributed by atoms with Gasteiger partial charge < -0.3 is 14.5 Å². The van der Waals surface area contributed by atoms with Crippen LogP contribution >= 0.6 is 11.6 Å². The van der Waals surface area contributed by atoms with E-state index in [1.54, 1.807) is 54.6 Å². The van der Waals surface area contributed by atoms with Gasteiger partial charge in [-0.1, -0.05) is 59.6 Å². The lowest BCUT2D eigenvalue weighted by Crippen LogP contribution is -2.19. The molecule has 5 rings (SSSR count). The Labute approximate surface area is 240 Å². The van der Waals surface area contributed by atoms with E-state index in [0.717, 1.165) is 5.56 Å². The van der Waals surface area contributed by atoms with Crippen molar-refractivity contribution in [3.8, 4) is 28.7 Å². The van der Waals surface area contributed by atoms with Gasteiger partial charge in [0.05, 0.1) is 30.0 Å². The standard InChI is InChI=1S/C32H23ClN4O4/c1-19-10-13-21(14-11-19)32(39)41-26-15-12-20(16-27(26)40-2)18-35-37-31(38)30-28(23-7-3-4-9-25(23)33)24-8-5-6-22(17-34)29(24)36-30/h3-16,18,36H,1-2H3,(H,37,38). The lowest BCUT2D eigenvalue weighted by atomic mass is 10.0. The number of methoxy groups -OCH3 is 1. The molecule has 4 aromatic carbocycles. The molecule has 0 radical (unpaired) electrons. The minimum Gasteiger partial charge on any atom is -0.493 e. The summed E-state index contributed by atoms with van der Waals surface area (Å²) < 4.78 is 10.9. The molecule has 1 amide bonds. The van der Waals surface area contributed by atoms with E-state index in [2.05, 4.69) is 21.6 Å². The first kappa shape index (κ1) is 27.2. The van der Waals surface area contributed by atoms with Gasteiger partial charge in [0.1, 0.15) is 11.8 Å². The number of benzene rings is 4. The predicted molar refractivity (Wildman–Crippen MR) is 158 cm³/mol. The molecule has 0 saturated carbocycles. The maximum Gasteiger partial charge on any atom is 0.343 e. The predicted octanol–water partition coefficient (Wildman–Crippen LogP) is 6.66. The molecular formula is C32H23ClN4O4.